The van der Waals surface area contributed by atoms with Gasteiger partial charge in [-0.1, -0.05) is 38.4 Å². The number of hydrogen-bond donors (Lipinski definition) is 4. The molecule has 0 amide bonds. The maximum absolute atomic E-state index is 12.2. The van der Waals surface area contributed by atoms with Crippen LogP contribution in [0.15, 0.2) is 11.6 Å². The van der Waals surface area contributed by atoms with Crippen LogP contribution < -0.4 is 0 Å². The van der Waals surface area contributed by atoms with Crippen molar-refractivity contribution < 1.29 is 30.0 Å². The van der Waals surface area contributed by atoms with E-state index in [0.717, 1.165) is 6.42 Å². The summed E-state index contributed by atoms with van der Waals surface area (Å²) < 4.78 is 0. The summed E-state index contributed by atoms with van der Waals surface area (Å²) in [5, 5.41) is 41.3. The minimum absolute atomic E-state index is 0.0109. The summed E-state index contributed by atoms with van der Waals surface area (Å²) in [4.78, 5) is 23.5. The molecule has 1 saturated carbocycles. The van der Waals surface area contributed by atoms with Crippen LogP contribution in [0.25, 0.3) is 0 Å². The Morgan fingerprint density at radius 3 is 2.50 bits per heavy atom. The fourth-order valence-corrected chi connectivity index (χ4v) is 4.60. The predicted molar refractivity (Wildman–Crippen MR) is 115 cm³/mol. The van der Waals surface area contributed by atoms with Gasteiger partial charge in [-0.2, -0.15) is 0 Å². The molecule has 0 aromatic heterocycles. The second-order valence-corrected chi connectivity index (χ2v) is 9.02. The van der Waals surface area contributed by atoms with Gasteiger partial charge in [-0.15, -0.1) is 0 Å². The number of aliphatic hydroxyl groups is 2. The predicted octanol–water partition coefficient (Wildman–Crippen LogP) is 3.73. The Labute approximate surface area is 182 Å². The summed E-state index contributed by atoms with van der Waals surface area (Å²) in [5.74, 6) is -0.497. The largest absolute Gasteiger partial charge is 0.507 e. The molecule has 166 valence electrons. The Bertz CT molecular complexity index is 862. The van der Waals surface area contributed by atoms with Crippen LogP contribution in [0.3, 0.4) is 0 Å². The smallest absolute Gasteiger partial charge is 0.154 e. The molecule has 1 aliphatic rings. The number of allylic oxidation sites excluding steroid dienone is 1. The highest BCUT2D eigenvalue weighted by atomic mass is 35.5. The molecule has 4 atom stereocenters. The molecule has 1 aromatic rings. The van der Waals surface area contributed by atoms with Gasteiger partial charge in [0.25, 0.3) is 0 Å². The molecular weight excluding hydrogens is 408 g/mol. The van der Waals surface area contributed by atoms with E-state index in [-0.39, 0.29) is 57.3 Å². The molecule has 2 rings (SSSR count). The first-order chi connectivity index (χ1) is 14.0. The summed E-state index contributed by atoms with van der Waals surface area (Å²) in [7, 11) is 0. The highest BCUT2D eigenvalue weighted by Crippen LogP contribution is 2.47. The number of benzene rings is 1. The molecule has 0 saturated heterocycles. The van der Waals surface area contributed by atoms with E-state index in [2.05, 4.69) is 6.92 Å². The van der Waals surface area contributed by atoms with Crippen LogP contribution in [-0.2, 0) is 11.2 Å². The highest BCUT2D eigenvalue weighted by Gasteiger charge is 2.44. The van der Waals surface area contributed by atoms with Crippen LogP contribution in [0.4, 0.5) is 0 Å². The molecule has 1 aromatic carbocycles. The fraction of sp³-hybridized carbons (Fsp3) is 0.565. The first-order valence-electron chi connectivity index (χ1n) is 10.2. The van der Waals surface area contributed by atoms with Gasteiger partial charge in [-0.05, 0) is 48.7 Å². The number of Topliss-reactive ketones (excluding diaryl/α,β-unsaturated/α-hetero) is 1. The summed E-state index contributed by atoms with van der Waals surface area (Å²) in [6.45, 7) is 7.05. The second kappa shape index (κ2) is 9.50. The quantitative estimate of drug-likeness (QED) is 0.381. The van der Waals surface area contributed by atoms with E-state index in [1.54, 1.807) is 0 Å². The molecule has 7 heteroatoms. The highest BCUT2D eigenvalue weighted by molar-refractivity contribution is 6.33. The molecule has 0 aliphatic heterocycles. The number of carbonyl (C=O) groups is 2. The maximum Gasteiger partial charge on any atom is 0.154 e. The standard InChI is InChI=1S/C23H31ClO6/c1-12-5-8-18(27)14(3)23(12,4)9-19(28)15(10-25)6-7-16-21(29)17(11-26)13(2)20(24)22(16)30/h6,11-12,14,19,25,28-30H,5,7-10H2,1-4H3/b15-6+/t12-,14+,19+,23+/m0/s1. The monoisotopic (exact) mass is 438 g/mol. The first kappa shape index (κ1) is 24.4. The fourth-order valence-electron chi connectivity index (χ4n) is 4.38. The number of aldehydes is 1. The molecule has 6 nitrogen and oxygen atoms in total. The summed E-state index contributed by atoms with van der Waals surface area (Å²) in [5.41, 5.74) is 0.215. The van der Waals surface area contributed by atoms with Crippen molar-refractivity contribution in [2.75, 3.05) is 6.61 Å². The van der Waals surface area contributed by atoms with Gasteiger partial charge in [0.2, 0.25) is 0 Å². The van der Waals surface area contributed by atoms with Crippen LogP contribution >= 0.6 is 11.6 Å². The third-order valence-electron chi connectivity index (χ3n) is 7.12. The molecule has 1 aliphatic carbocycles. The van der Waals surface area contributed by atoms with Crippen LogP contribution in [-0.4, -0.2) is 45.2 Å². The van der Waals surface area contributed by atoms with Crippen molar-refractivity contribution in [2.24, 2.45) is 17.3 Å². The Morgan fingerprint density at radius 2 is 1.93 bits per heavy atom. The molecule has 4 N–H and O–H groups in total. The molecule has 0 spiro atoms. The van der Waals surface area contributed by atoms with E-state index < -0.39 is 18.1 Å². The van der Waals surface area contributed by atoms with Gasteiger partial charge < -0.3 is 20.4 Å². The van der Waals surface area contributed by atoms with Crippen molar-refractivity contribution in [3.63, 3.8) is 0 Å². The Kier molecular flexibility index (Phi) is 7.72. The van der Waals surface area contributed by atoms with Crippen molar-refractivity contribution in [2.45, 2.75) is 59.5 Å². The lowest BCUT2D eigenvalue weighted by Gasteiger charge is -2.45. The van der Waals surface area contributed by atoms with Gasteiger partial charge in [-0.25, -0.2) is 0 Å². The molecule has 0 heterocycles. The number of hydrogen-bond acceptors (Lipinski definition) is 6. The molecular formula is C23H31ClO6. The number of aromatic hydroxyl groups is 2. The van der Waals surface area contributed by atoms with Crippen LogP contribution in [0.2, 0.25) is 5.02 Å². The zero-order valence-corrected chi connectivity index (χ0v) is 18.7. The van der Waals surface area contributed by atoms with E-state index in [1.165, 1.54) is 13.0 Å². The lowest BCUT2D eigenvalue weighted by Crippen LogP contribution is -2.44. The van der Waals surface area contributed by atoms with Crippen LogP contribution in [0, 0.1) is 24.2 Å². The van der Waals surface area contributed by atoms with Crippen LogP contribution in [0.1, 0.15) is 61.5 Å². The average Bonchev–Trinajstić information content (AvgIpc) is 2.71. The number of carbonyl (C=O) groups excluding carboxylic acids is 2. The maximum atomic E-state index is 12.2. The Hall–Kier alpha value is -1.89. The topological polar surface area (TPSA) is 115 Å². The lowest BCUT2D eigenvalue weighted by atomic mass is 9.59. The van der Waals surface area contributed by atoms with Gasteiger partial charge in [0.05, 0.1) is 23.3 Å². The normalized spacial score (nSPS) is 26.0. The second-order valence-electron chi connectivity index (χ2n) is 8.64. The Morgan fingerprint density at radius 1 is 1.30 bits per heavy atom. The van der Waals surface area contributed by atoms with Crippen molar-refractivity contribution in [1.82, 2.24) is 0 Å². The van der Waals surface area contributed by atoms with Gasteiger partial charge in [0.15, 0.2) is 6.29 Å². The molecule has 0 radical (unpaired) electrons. The number of rotatable bonds is 7. The average molecular weight is 439 g/mol. The van der Waals surface area contributed by atoms with Gasteiger partial charge in [-0.3, -0.25) is 9.59 Å². The number of aliphatic hydroxyl groups excluding tert-OH is 2. The third kappa shape index (κ3) is 4.41. The Balaban J connectivity index is 2.31. The number of phenols is 2. The summed E-state index contributed by atoms with van der Waals surface area (Å²) >= 11 is 6.07. The van der Waals surface area contributed by atoms with Crippen molar-refractivity contribution in [3.8, 4) is 11.5 Å². The van der Waals surface area contributed by atoms with Gasteiger partial charge in [0.1, 0.15) is 17.3 Å². The van der Waals surface area contributed by atoms with E-state index >= 15 is 0 Å². The lowest BCUT2D eigenvalue weighted by molar-refractivity contribution is -0.133. The molecule has 0 unspecified atom stereocenters. The first-order valence-corrected chi connectivity index (χ1v) is 10.6. The van der Waals surface area contributed by atoms with E-state index in [9.17, 15) is 30.0 Å². The zero-order chi connectivity index (χ0) is 22.8. The minimum Gasteiger partial charge on any atom is -0.507 e. The van der Waals surface area contributed by atoms with Gasteiger partial charge >= 0.3 is 0 Å². The zero-order valence-electron chi connectivity index (χ0n) is 17.9. The van der Waals surface area contributed by atoms with Crippen molar-refractivity contribution in [1.29, 1.82) is 0 Å². The van der Waals surface area contributed by atoms with Gasteiger partial charge in [0, 0.05) is 17.9 Å². The third-order valence-corrected chi connectivity index (χ3v) is 7.58. The number of ketones is 1. The number of halogens is 1. The van der Waals surface area contributed by atoms with Crippen LogP contribution in [0.5, 0.6) is 11.5 Å². The van der Waals surface area contributed by atoms with Crippen molar-refractivity contribution in [3.05, 3.63) is 33.4 Å². The molecule has 1 fully saturated rings. The molecule has 30 heavy (non-hydrogen) atoms. The SMILES string of the molecule is Cc1c(Cl)c(O)c(C/C=C(\CO)[C@H](O)C[C@@]2(C)[C@H](C)C(=O)CC[C@@H]2C)c(O)c1C=O. The molecule has 0 bridgehead atoms. The number of phenolic OH excluding ortho intramolecular Hbond substituents is 2. The summed E-state index contributed by atoms with van der Waals surface area (Å²) in [6.07, 6.45) is 2.57. The minimum atomic E-state index is -0.994. The van der Waals surface area contributed by atoms with E-state index in [4.69, 9.17) is 11.6 Å². The van der Waals surface area contributed by atoms with Crippen molar-refractivity contribution >= 4 is 23.7 Å². The van der Waals surface area contributed by atoms with E-state index in [1.807, 2.05) is 13.8 Å². The summed E-state index contributed by atoms with van der Waals surface area (Å²) in [6, 6.07) is 0. The van der Waals surface area contributed by atoms with E-state index in [0.29, 0.717) is 24.7 Å².